The highest BCUT2D eigenvalue weighted by molar-refractivity contribution is 5.93. The summed E-state index contributed by atoms with van der Waals surface area (Å²) in [7, 11) is 0. The van der Waals surface area contributed by atoms with Crippen molar-refractivity contribution in [3.63, 3.8) is 0 Å². The van der Waals surface area contributed by atoms with Gasteiger partial charge in [-0.15, -0.1) is 0 Å². The molecule has 2 rings (SSSR count). The van der Waals surface area contributed by atoms with Crippen molar-refractivity contribution < 1.29 is 9.36 Å². The van der Waals surface area contributed by atoms with Crippen molar-refractivity contribution in [1.82, 2.24) is 0 Å². The second-order valence-corrected chi connectivity index (χ2v) is 3.39. The first kappa shape index (κ1) is 9.59. The van der Waals surface area contributed by atoms with Gasteiger partial charge >= 0.3 is 0 Å². The van der Waals surface area contributed by atoms with E-state index in [0.717, 1.165) is 11.3 Å². The lowest BCUT2D eigenvalue weighted by Gasteiger charge is -1.96. The Balaban J connectivity index is 2.46. The number of carbonyl (C=O) groups is 1. The summed E-state index contributed by atoms with van der Waals surface area (Å²) in [6.45, 7) is 1.57. The molecule has 0 aliphatic rings. The molecule has 2 aromatic rings. The Morgan fingerprint density at radius 1 is 1.07 bits per heavy atom. The topological polar surface area (TPSA) is 20.9 Å². The van der Waals surface area contributed by atoms with Crippen LogP contribution in [0.3, 0.4) is 0 Å². The molecule has 0 N–H and O–H groups in total. The zero-order valence-corrected chi connectivity index (χ0v) is 8.55. The molecule has 0 atom stereocenters. The van der Waals surface area contributed by atoms with Crippen LogP contribution in [0.5, 0.6) is 0 Å². The van der Waals surface area contributed by atoms with Crippen molar-refractivity contribution in [3.05, 3.63) is 60.4 Å². The Bertz CT molecular complexity index is 477. The standard InChI is InChI=1S/C13H12NO/c1-11(15)12-6-5-9-14(10-12)13-7-3-2-4-8-13/h2-10H,1H3/q+1. The minimum atomic E-state index is 0.0836. The van der Waals surface area contributed by atoms with Crippen molar-refractivity contribution >= 4 is 5.78 Å². The van der Waals surface area contributed by atoms with E-state index in [2.05, 4.69) is 0 Å². The molecule has 0 aliphatic heterocycles. The molecule has 0 saturated heterocycles. The first-order valence-electron chi connectivity index (χ1n) is 4.85. The minimum absolute atomic E-state index is 0.0836. The fraction of sp³-hybridized carbons (Fsp3) is 0.0769. The van der Waals surface area contributed by atoms with E-state index in [1.54, 1.807) is 6.92 Å². The normalized spacial score (nSPS) is 9.93. The number of aromatic nitrogens is 1. The summed E-state index contributed by atoms with van der Waals surface area (Å²) in [5.41, 5.74) is 1.78. The van der Waals surface area contributed by atoms with Gasteiger partial charge in [-0.25, -0.2) is 0 Å². The highest BCUT2D eigenvalue weighted by atomic mass is 16.1. The first-order valence-corrected chi connectivity index (χ1v) is 4.85. The van der Waals surface area contributed by atoms with Gasteiger partial charge in [-0.2, -0.15) is 4.57 Å². The Labute approximate surface area is 88.8 Å². The summed E-state index contributed by atoms with van der Waals surface area (Å²) in [6, 6.07) is 13.6. The maximum atomic E-state index is 11.2. The third-order valence-corrected chi connectivity index (χ3v) is 2.26. The lowest BCUT2D eigenvalue weighted by molar-refractivity contribution is -0.595. The molecule has 0 spiro atoms. The molecule has 1 aromatic carbocycles. The SMILES string of the molecule is CC(=O)c1ccc[n+](-c2ccccc2)c1. The number of hydrogen-bond donors (Lipinski definition) is 0. The van der Waals surface area contributed by atoms with Crippen LogP contribution >= 0.6 is 0 Å². The Morgan fingerprint density at radius 3 is 2.47 bits per heavy atom. The summed E-state index contributed by atoms with van der Waals surface area (Å²) in [4.78, 5) is 11.2. The second kappa shape index (κ2) is 4.05. The van der Waals surface area contributed by atoms with E-state index in [4.69, 9.17) is 0 Å². The van der Waals surface area contributed by atoms with Gasteiger partial charge in [-0.1, -0.05) is 18.2 Å². The number of Topliss-reactive ketones (excluding diaryl/α,β-unsaturated/α-hetero) is 1. The molecule has 2 nitrogen and oxygen atoms in total. The zero-order chi connectivity index (χ0) is 10.7. The summed E-state index contributed by atoms with van der Waals surface area (Å²) in [5.74, 6) is 0.0836. The van der Waals surface area contributed by atoms with E-state index in [1.165, 1.54) is 0 Å². The summed E-state index contributed by atoms with van der Waals surface area (Å²) < 4.78 is 1.94. The van der Waals surface area contributed by atoms with Crippen LogP contribution in [0.15, 0.2) is 54.9 Å². The Hall–Kier alpha value is -1.96. The van der Waals surface area contributed by atoms with E-state index >= 15 is 0 Å². The number of nitrogens with zero attached hydrogens (tertiary/aromatic N) is 1. The second-order valence-electron chi connectivity index (χ2n) is 3.39. The van der Waals surface area contributed by atoms with Gasteiger partial charge in [-0.05, 0) is 13.0 Å². The van der Waals surface area contributed by atoms with Gasteiger partial charge in [0.05, 0.1) is 5.56 Å². The Kier molecular flexibility index (Phi) is 2.59. The predicted molar refractivity (Wildman–Crippen MR) is 58.0 cm³/mol. The van der Waals surface area contributed by atoms with Gasteiger partial charge in [0.2, 0.25) is 5.69 Å². The smallest absolute Gasteiger partial charge is 0.210 e. The summed E-state index contributed by atoms with van der Waals surface area (Å²) >= 11 is 0. The third-order valence-electron chi connectivity index (χ3n) is 2.26. The van der Waals surface area contributed by atoms with Crippen molar-refractivity contribution in [3.8, 4) is 5.69 Å². The minimum Gasteiger partial charge on any atom is -0.294 e. The molecule has 15 heavy (non-hydrogen) atoms. The molecule has 1 aromatic heterocycles. The predicted octanol–water partition coefficient (Wildman–Crippen LogP) is 2.17. The third kappa shape index (κ3) is 2.10. The van der Waals surface area contributed by atoms with Crippen LogP contribution in [0.25, 0.3) is 5.69 Å². The number of rotatable bonds is 2. The van der Waals surface area contributed by atoms with E-state index in [0.29, 0.717) is 0 Å². The van der Waals surface area contributed by atoms with Crippen molar-refractivity contribution in [2.75, 3.05) is 0 Å². The highest BCUT2D eigenvalue weighted by Crippen LogP contribution is 2.00. The van der Waals surface area contributed by atoms with Crippen LogP contribution < -0.4 is 4.57 Å². The largest absolute Gasteiger partial charge is 0.294 e. The first-order chi connectivity index (χ1) is 7.27. The average molecular weight is 198 g/mol. The summed E-state index contributed by atoms with van der Waals surface area (Å²) in [5, 5.41) is 0. The van der Waals surface area contributed by atoms with Gasteiger partial charge in [-0.3, -0.25) is 4.79 Å². The van der Waals surface area contributed by atoms with Gasteiger partial charge in [0.25, 0.3) is 0 Å². The van der Waals surface area contributed by atoms with Crippen LogP contribution in [-0.4, -0.2) is 5.78 Å². The molecule has 0 aliphatic carbocycles. The molecule has 0 fully saturated rings. The van der Waals surface area contributed by atoms with Crippen LogP contribution in [0, 0.1) is 0 Å². The number of carbonyl (C=O) groups excluding carboxylic acids is 1. The lowest BCUT2D eigenvalue weighted by atomic mass is 10.2. The molecule has 0 radical (unpaired) electrons. The molecule has 0 unspecified atom stereocenters. The van der Waals surface area contributed by atoms with Crippen molar-refractivity contribution in [2.24, 2.45) is 0 Å². The van der Waals surface area contributed by atoms with Gasteiger partial charge < -0.3 is 0 Å². The number of para-hydroxylation sites is 1. The highest BCUT2D eigenvalue weighted by Gasteiger charge is 2.07. The number of benzene rings is 1. The quantitative estimate of drug-likeness (QED) is 0.535. The van der Waals surface area contributed by atoms with Gasteiger partial charge in [0.15, 0.2) is 18.2 Å². The van der Waals surface area contributed by atoms with E-state index in [9.17, 15) is 4.79 Å². The molecule has 2 heteroatoms. The monoisotopic (exact) mass is 198 g/mol. The van der Waals surface area contributed by atoms with Crippen LogP contribution in [-0.2, 0) is 0 Å². The maximum Gasteiger partial charge on any atom is 0.210 e. The number of pyridine rings is 1. The molecule has 1 heterocycles. The van der Waals surface area contributed by atoms with E-state index < -0.39 is 0 Å². The number of ketones is 1. The Morgan fingerprint density at radius 2 is 1.80 bits per heavy atom. The maximum absolute atomic E-state index is 11.2. The van der Waals surface area contributed by atoms with Crippen LogP contribution in [0.4, 0.5) is 0 Å². The molecular weight excluding hydrogens is 186 g/mol. The molecule has 0 saturated carbocycles. The van der Waals surface area contributed by atoms with Crippen LogP contribution in [0.2, 0.25) is 0 Å². The van der Waals surface area contributed by atoms with Crippen molar-refractivity contribution in [2.45, 2.75) is 6.92 Å². The summed E-state index contributed by atoms with van der Waals surface area (Å²) in [6.07, 6.45) is 3.78. The fourth-order valence-corrected chi connectivity index (χ4v) is 1.44. The van der Waals surface area contributed by atoms with Crippen LogP contribution in [0.1, 0.15) is 17.3 Å². The average Bonchev–Trinajstić information content (AvgIpc) is 2.30. The van der Waals surface area contributed by atoms with E-state index in [1.807, 2.05) is 59.4 Å². The molecular formula is C13H12NO+. The lowest BCUT2D eigenvalue weighted by Crippen LogP contribution is -2.30. The number of hydrogen-bond acceptors (Lipinski definition) is 1. The van der Waals surface area contributed by atoms with Gasteiger partial charge in [0.1, 0.15) is 0 Å². The van der Waals surface area contributed by atoms with Crippen molar-refractivity contribution in [1.29, 1.82) is 0 Å². The van der Waals surface area contributed by atoms with E-state index in [-0.39, 0.29) is 5.78 Å². The molecule has 74 valence electrons. The fourth-order valence-electron chi connectivity index (χ4n) is 1.44. The molecule has 0 amide bonds. The zero-order valence-electron chi connectivity index (χ0n) is 8.55. The van der Waals surface area contributed by atoms with Gasteiger partial charge in [0, 0.05) is 18.2 Å². The molecule has 0 bridgehead atoms.